The van der Waals surface area contributed by atoms with Crippen molar-refractivity contribution in [2.45, 2.75) is 39.5 Å². The molecule has 2 heterocycles. The minimum absolute atomic E-state index is 0.191. The van der Waals surface area contributed by atoms with Gasteiger partial charge in [-0.2, -0.15) is 4.31 Å². The number of benzene rings is 1. The van der Waals surface area contributed by atoms with Gasteiger partial charge in [0.25, 0.3) is 0 Å². The van der Waals surface area contributed by atoms with Crippen LogP contribution in [0, 0.1) is 5.82 Å². The van der Waals surface area contributed by atoms with Crippen LogP contribution in [-0.2, 0) is 22.9 Å². The van der Waals surface area contributed by atoms with E-state index < -0.39 is 10.0 Å². The fraction of sp³-hybridized carbons (Fsp3) is 0.524. The predicted molar refractivity (Wildman–Crippen MR) is 113 cm³/mol. The molecule has 3 rings (SSSR count). The molecular weight excluding hydrogens is 391 g/mol. The second-order valence-electron chi connectivity index (χ2n) is 7.79. The number of nitrogens with zero attached hydrogens (tertiary/aromatic N) is 4. The van der Waals surface area contributed by atoms with Crippen LogP contribution in [0.15, 0.2) is 24.3 Å². The van der Waals surface area contributed by atoms with E-state index in [0.717, 1.165) is 34.9 Å². The molecule has 0 radical (unpaired) electrons. The summed E-state index contributed by atoms with van der Waals surface area (Å²) in [5.74, 6) is 1.60. The van der Waals surface area contributed by atoms with Crippen LogP contribution in [0.1, 0.15) is 49.3 Å². The molecule has 1 aliphatic rings. The standard InChI is InChI=1S/C21H29FN4O2S/c1-5-19-18(14-16-6-8-17(22)9-7-16)21(24-20(23-19)15(2)3)25-10-12-26(13-11-25)29(4,27)28/h6-9,15H,5,10-14H2,1-4H3. The summed E-state index contributed by atoms with van der Waals surface area (Å²) >= 11 is 0. The van der Waals surface area contributed by atoms with Gasteiger partial charge < -0.3 is 4.90 Å². The maximum atomic E-state index is 13.3. The monoisotopic (exact) mass is 420 g/mol. The second-order valence-corrected chi connectivity index (χ2v) is 9.77. The van der Waals surface area contributed by atoms with Crippen LogP contribution in [0.5, 0.6) is 0 Å². The normalized spacial score (nSPS) is 15.9. The van der Waals surface area contributed by atoms with Crippen molar-refractivity contribution >= 4 is 15.8 Å². The maximum Gasteiger partial charge on any atom is 0.211 e. The first-order valence-corrected chi connectivity index (χ1v) is 11.9. The first-order chi connectivity index (χ1) is 13.7. The third kappa shape index (κ3) is 5.11. The van der Waals surface area contributed by atoms with E-state index in [-0.39, 0.29) is 11.7 Å². The molecule has 29 heavy (non-hydrogen) atoms. The summed E-state index contributed by atoms with van der Waals surface area (Å²) < 4.78 is 38.6. The average molecular weight is 421 g/mol. The molecule has 1 saturated heterocycles. The number of aryl methyl sites for hydroxylation is 1. The van der Waals surface area contributed by atoms with Gasteiger partial charge in [0.1, 0.15) is 17.5 Å². The van der Waals surface area contributed by atoms with Crippen LogP contribution in [0.4, 0.5) is 10.2 Å². The molecule has 8 heteroatoms. The predicted octanol–water partition coefficient (Wildman–Crippen LogP) is 2.97. The lowest BCUT2D eigenvalue weighted by molar-refractivity contribution is 0.386. The van der Waals surface area contributed by atoms with Gasteiger partial charge in [-0.25, -0.2) is 22.8 Å². The fourth-order valence-corrected chi connectivity index (χ4v) is 4.39. The third-order valence-electron chi connectivity index (χ3n) is 5.24. The fourth-order valence-electron chi connectivity index (χ4n) is 3.57. The number of sulfonamides is 1. The summed E-state index contributed by atoms with van der Waals surface area (Å²) in [6.45, 7) is 8.27. The summed E-state index contributed by atoms with van der Waals surface area (Å²) in [4.78, 5) is 11.8. The molecule has 0 aliphatic carbocycles. The minimum atomic E-state index is -3.19. The van der Waals surface area contributed by atoms with E-state index in [1.165, 1.54) is 22.7 Å². The average Bonchev–Trinajstić information content (AvgIpc) is 2.69. The molecule has 0 saturated carbocycles. The van der Waals surface area contributed by atoms with E-state index in [0.29, 0.717) is 32.6 Å². The molecule has 0 N–H and O–H groups in total. The zero-order valence-corrected chi connectivity index (χ0v) is 18.3. The molecule has 1 aromatic heterocycles. The highest BCUT2D eigenvalue weighted by atomic mass is 32.2. The number of rotatable bonds is 6. The topological polar surface area (TPSA) is 66.4 Å². The van der Waals surface area contributed by atoms with E-state index in [2.05, 4.69) is 25.7 Å². The Morgan fingerprint density at radius 3 is 2.21 bits per heavy atom. The van der Waals surface area contributed by atoms with E-state index in [9.17, 15) is 12.8 Å². The van der Waals surface area contributed by atoms with E-state index in [4.69, 9.17) is 9.97 Å². The SMILES string of the molecule is CCc1nc(C(C)C)nc(N2CCN(S(C)(=O)=O)CC2)c1Cc1ccc(F)cc1. The number of halogens is 1. The highest BCUT2D eigenvalue weighted by molar-refractivity contribution is 7.88. The molecule has 158 valence electrons. The Bertz CT molecular complexity index is 953. The number of aromatic nitrogens is 2. The molecular formula is C21H29FN4O2S. The Hall–Kier alpha value is -2.06. The van der Waals surface area contributed by atoms with Crippen molar-refractivity contribution in [3.63, 3.8) is 0 Å². The summed E-state index contributed by atoms with van der Waals surface area (Å²) in [7, 11) is -3.19. The molecule has 0 bridgehead atoms. The highest BCUT2D eigenvalue weighted by Gasteiger charge is 2.27. The molecule has 2 aromatic rings. The molecule has 0 unspecified atom stereocenters. The van der Waals surface area contributed by atoms with Gasteiger partial charge in [-0.05, 0) is 24.1 Å². The number of anilines is 1. The van der Waals surface area contributed by atoms with Crippen LogP contribution >= 0.6 is 0 Å². The van der Waals surface area contributed by atoms with Gasteiger partial charge in [-0.1, -0.05) is 32.9 Å². The minimum Gasteiger partial charge on any atom is -0.354 e. The van der Waals surface area contributed by atoms with Crippen LogP contribution in [0.3, 0.4) is 0 Å². The molecule has 0 spiro atoms. The van der Waals surface area contributed by atoms with Crippen molar-refractivity contribution < 1.29 is 12.8 Å². The van der Waals surface area contributed by atoms with Crippen LogP contribution in [-0.4, -0.2) is 55.1 Å². The molecule has 1 aromatic carbocycles. The number of piperazine rings is 1. The third-order valence-corrected chi connectivity index (χ3v) is 6.54. The van der Waals surface area contributed by atoms with Gasteiger partial charge >= 0.3 is 0 Å². The van der Waals surface area contributed by atoms with Gasteiger partial charge in [-0.3, -0.25) is 0 Å². The zero-order chi connectivity index (χ0) is 21.2. The van der Waals surface area contributed by atoms with Crippen LogP contribution < -0.4 is 4.90 Å². The van der Waals surface area contributed by atoms with E-state index >= 15 is 0 Å². The quantitative estimate of drug-likeness (QED) is 0.719. The van der Waals surface area contributed by atoms with E-state index in [1.807, 2.05) is 0 Å². The van der Waals surface area contributed by atoms with Gasteiger partial charge in [0.15, 0.2) is 0 Å². The number of hydrogen-bond acceptors (Lipinski definition) is 5. The van der Waals surface area contributed by atoms with Crippen molar-refractivity contribution in [1.82, 2.24) is 14.3 Å². The van der Waals surface area contributed by atoms with Gasteiger partial charge in [-0.15, -0.1) is 0 Å². The summed E-state index contributed by atoms with van der Waals surface area (Å²) in [6.07, 6.45) is 2.64. The van der Waals surface area contributed by atoms with Crippen molar-refractivity contribution in [2.24, 2.45) is 0 Å². The second kappa shape index (κ2) is 8.75. The van der Waals surface area contributed by atoms with Gasteiger partial charge in [0.05, 0.1) is 6.26 Å². The largest absolute Gasteiger partial charge is 0.354 e. The maximum absolute atomic E-state index is 13.3. The lowest BCUT2D eigenvalue weighted by Gasteiger charge is -2.35. The lowest BCUT2D eigenvalue weighted by Crippen LogP contribution is -2.49. The summed E-state index contributed by atoms with van der Waals surface area (Å²) in [5.41, 5.74) is 3.03. The molecule has 1 fully saturated rings. The first kappa shape index (κ1) is 21.6. The van der Waals surface area contributed by atoms with Crippen molar-refractivity contribution in [3.8, 4) is 0 Å². The first-order valence-electron chi connectivity index (χ1n) is 10.0. The Balaban J connectivity index is 1.99. The summed E-state index contributed by atoms with van der Waals surface area (Å²) in [6, 6.07) is 6.51. The molecule has 0 atom stereocenters. The van der Waals surface area contributed by atoms with Gasteiger partial charge in [0, 0.05) is 49.8 Å². The molecule has 6 nitrogen and oxygen atoms in total. The Morgan fingerprint density at radius 2 is 1.69 bits per heavy atom. The van der Waals surface area contributed by atoms with Gasteiger partial charge in [0.2, 0.25) is 10.0 Å². The zero-order valence-electron chi connectivity index (χ0n) is 17.5. The smallest absolute Gasteiger partial charge is 0.211 e. The molecule has 0 amide bonds. The van der Waals surface area contributed by atoms with E-state index in [1.54, 1.807) is 12.1 Å². The Morgan fingerprint density at radius 1 is 1.07 bits per heavy atom. The molecule has 1 aliphatic heterocycles. The van der Waals surface area contributed by atoms with Crippen molar-refractivity contribution in [3.05, 3.63) is 52.7 Å². The highest BCUT2D eigenvalue weighted by Crippen LogP contribution is 2.28. The van der Waals surface area contributed by atoms with Crippen molar-refractivity contribution in [1.29, 1.82) is 0 Å². The van der Waals surface area contributed by atoms with Crippen molar-refractivity contribution in [2.75, 3.05) is 37.3 Å². The Labute approximate surface area is 172 Å². The summed E-state index contributed by atoms with van der Waals surface area (Å²) in [5, 5.41) is 0. The van der Waals surface area contributed by atoms with Crippen LogP contribution in [0.25, 0.3) is 0 Å². The van der Waals surface area contributed by atoms with Crippen LogP contribution in [0.2, 0.25) is 0 Å². The number of hydrogen-bond donors (Lipinski definition) is 0. The Kier molecular flexibility index (Phi) is 6.53. The lowest BCUT2D eigenvalue weighted by atomic mass is 10.0.